The average molecular weight is 231 g/mol. The van der Waals surface area contributed by atoms with Crippen LogP contribution >= 0.6 is 0 Å². The summed E-state index contributed by atoms with van der Waals surface area (Å²) in [6.45, 7) is 0. The molecular weight excluding hydrogens is 218 g/mol. The molecule has 1 atom stereocenters. The van der Waals surface area contributed by atoms with E-state index in [0.29, 0.717) is 0 Å². The largest absolute Gasteiger partial charge is 0.256 e. The minimum absolute atomic E-state index is 0.0525. The molecule has 0 bridgehead atoms. The highest BCUT2D eigenvalue weighted by molar-refractivity contribution is 5.89. The van der Waals surface area contributed by atoms with Crippen molar-refractivity contribution in [2.75, 3.05) is 0 Å². The van der Waals surface area contributed by atoms with E-state index in [9.17, 15) is 0 Å². The normalized spacial score (nSPS) is 26.9. The van der Waals surface area contributed by atoms with E-state index in [-0.39, 0.29) is 5.41 Å². The summed E-state index contributed by atoms with van der Waals surface area (Å²) >= 11 is 0. The van der Waals surface area contributed by atoms with Gasteiger partial charge in [-0.2, -0.15) is 0 Å². The van der Waals surface area contributed by atoms with E-state index in [1.807, 2.05) is 12.3 Å². The second-order valence-electron chi connectivity index (χ2n) is 4.88. The summed E-state index contributed by atoms with van der Waals surface area (Å²) < 4.78 is 0. The molecule has 86 valence electrons. The van der Waals surface area contributed by atoms with E-state index >= 15 is 0 Å². The Bertz CT molecular complexity index is 671. The molecule has 1 nitrogen and oxygen atoms in total. The maximum atomic E-state index is 4.50. The monoisotopic (exact) mass is 231 g/mol. The van der Waals surface area contributed by atoms with E-state index in [2.05, 4.69) is 59.7 Å². The fourth-order valence-corrected chi connectivity index (χ4v) is 3.10. The topological polar surface area (TPSA) is 12.9 Å². The molecular formula is C17H13N. The van der Waals surface area contributed by atoms with Crippen molar-refractivity contribution in [3.63, 3.8) is 0 Å². The molecule has 1 heteroatoms. The Morgan fingerprint density at radius 3 is 3.17 bits per heavy atom. The summed E-state index contributed by atoms with van der Waals surface area (Å²) in [5, 5.41) is 0. The van der Waals surface area contributed by atoms with Gasteiger partial charge >= 0.3 is 0 Å². The Balaban J connectivity index is 2.07. The number of allylic oxidation sites excluding steroid dienone is 9. The molecule has 0 saturated carbocycles. The van der Waals surface area contributed by atoms with Crippen LogP contribution in [0.15, 0.2) is 66.4 Å². The maximum absolute atomic E-state index is 4.50. The van der Waals surface area contributed by atoms with Crippen molar-refractivity contribution in [1.29, 1.82) is 0 Å². The molecule has 4 rings (SSSR count). The molecule has 0 saturated heterocycles. The second kappa shape index (κ2) is 3.42. The van der Waals surface area contributed by atoms with Gasteiger partial charge in [-0.1, -0.05) is 48.6 Å². The van der Waals surface area contributed by atoms with Crippen molar-refractivity contribution < 1.29 is 0 Å². The highest BCUT2D eigenvalue weighted by Gasteiger charge is 2.38. The smallest absolute Gasteiger partial charge is 0.0708 e. The minimum Gasteiger partial charge on any atom is -0.256 e. The van der Waals surface area contributed by atoms with Crippen molar-refractivity contribution >= 4 is 11.6 Å². The summed E-state index contributed by atoms with van der Waals surface area (Å²) in [5.41, 5.74) is 5.00. The van der Waals surface area contributed by atoms with Gasteiger partial charge in [0.25, 0.3) is 0 Å². The predicted molar refractivity (Wildman–Crippen MR) is 74.7 cm³/mol. The molecule has 0 amide bonds. The Kier molecular flexibility index (Phi) is 1.87. The summed E-state index contributed by atoms with van der Waals surface area (Å²) in [6.07, 6.45) is 20.7. The van der Waals surface area contributed by atoms with Crippen molar-refractivity contribution in [3.8, 4) is 0 Å². The summed E-state index contributed by atoms with van der Waals surface area (Å²) in [5.74, 6) is 0. The first-order valence-electron chi connectivity index (χ1n) is 6.32. The van der Waals surface area contributed by atoms with Gasteiger partial charge in [0.05, 0.1) is 11.1 Å². The van der Waals surface area contributed by atoms with Gasteiger partial charge in [0.2, 0.25) is 0 Å². The van der Waals surface area contributed by atoms with Crippen LogP contribution in [0.25, 0.3) is 11.6 Å². The van der Waals surface area contributed by atoms with Crippen molar-refractivity contribution in [2.45, 2.75) is 6.42 Å². The van der Waals surface area contributed by atoms with Crippen molar-refractivity contribution in [1.82, 2.24) is 4.98 Å². The molecule has 18 heavy (non-hydrogen) atoms. The van der Waals surface area contributed by atoms with Gasteiger partial charge in [-0.25, -0.2) is 0 Å². The average Bonchev–Trinajstić information content (AvgIpc) is 2.44. The van der Waals surface area contributed by atoms with Crippen LogP contribution in [-0.4, -0.2) is 4.98 Å². The second-order valence-corrected chi connectivity index (χ2v) is 4.88. The molecule has 1 spiro atoms. The molecule has 3 aliphatic carbocycles. The highest BCUT2D eigenvalue weighted by Crippen LogP contribution is 2.52. The van der Waals surface area contributed by atoms with Crippen LogP contribution in [-0.2, 0) is 0 Å². The third-order valence-corrected chi connectivity index (χ3v) is 3.93. The van der Waals surface area contributed by atoms with Crippen LogP contribution in [0.3, 0.4) is 0 Å². The standard InChI is InChI=1S/C17H13N/c1-3-9-17-10-4-2-8-15(17)14-7-5-11-18-16(14)12-13(17)6-1/h1,3-12H,2H2. The van der Waals surface area contributed by atoms with E-state index < -0.39 is 0 Å². The molecule has 1 heterocycles. The highest BCUT2D eigenvalue weighted by atomic mass is 14.7. The summed E-state index contributed by atoms with van der Waals surface area (Å²) in [4.78, 5) is 4.50. The zero-order valence-corrected chi connectivity index (χ0v) is 10.0. The summed E-state index contributed by atoms with van der Waals surface area (Å²) in [7, 11) is 0. The van der Waals surface area contributed by atoms with E-state index in [4.69, 9.17) is 0 Å². The number of fused-ring (bicyclic) bond motifs is 2. The fraction of sp³-hybridized carbons (Fsp3) is 0.118. The lowest BCUT2D eigenvalue weighted by molar-refractivity contribution is 0.775. The summed E-state index contributed by atoms with van der Waals surface area (Å²) in [6, 6.07) is 4.20. The van der Waals surface area contributed by atoms with Crippen LogP contribution < -0.4 is 0 Å². The number of rotatable bonds is 0. The van der Waals surface area contributed by atoms with Gasteiger partial charge in [-0.3, -0.25) is 4.98 Å². The van der Waals surface area contributed by atoms with Gasteiger partial charge < -0.3 is 0 Å². The van der Waals surface area contributed by atoms with Gasteiger partial charge in [0.15, 0.2) is 0 Å². The van der Waals surface area contributed by atoms with E-state index in [1.54, 1.807) is 0 Å². The zero-order valence-electron chi connectivity index (χ0n) is 10.0. The maximum Gasteiger partial charge on any atom is 0.0708 e. The fourth-order valence-electron chi connectivity index (χ4n) is 3.10. The lowest BCUT2D eigenvalue weighted by atomic mass is 9.64. The minimum atomic E-state index is -0.0525. The van der Waals surface area contributed by atoms with E-state index in [0.717, 1.165) is 12.1 Å². The van der Waals surface area contributed by atoms with Gasteiger partial charge in [-0.15, -0.1) is 0 Å². The molecule has 0 fully saturated rings. The lowest BCUT2D eigenvalue weighted by Crippen LogP contribution is -2.26. The molecule has 0 aliphatic heterocycles. The first-order chi connectivity index (χ1) is 8.90. The van der Waals surface area contributed by atoms with Crippen molar-refractivity contribution in [2.24, 2.45) is 5.41 Å². The van der Waals surface area contributed by atoms with Crippen LogP contribution in [0.5, 0.6) is 0 Å². The number of aromatic nitrogens is 1. The number of hydrogen-bond acceptors (Lipinski definition) is 1. The molecule has 0 N–H and O–H groups in total. The molecule has 1 aromatic heterocycles. The Hall–Kier alpha value is -2.15. The number of nitrogens with zero attached hydrogens (tertiary/aromatic N) is 1. The van der Waals surface area contributed by atoms with Gasteiger partial charge in [-0.05, 0) is 29.7 Å². The number of hydrogen-bond donors (Lipinski definition) is 0. The molecule has 0 radical (unpaired) electrons. The van der Waals surface area contributed by atoms with Crippen LogP contribution in [0, 0.1) is 5.41 Å². The Labute approximate surface area is 107 Å². The zero-order chi connectivity index (χ0) is 12.0. The van der Waals surface area contributed by atoms with Crippen LogP contribution in [0.1, 0.15) is 17.7 Å². The van der Waals surface area contributed by atoms with Crippen LogP contribution in [0.2, 0.25) is 0 Å². The van der Waals surface area contributed by atoms with Crippen LogP contribution in [0.4, 0.5) is 0 Å². The number of pyridine rings is 1. The third kappa shape index (κ3) is 1.14. The molecule has 1 aromatic rings. The first kappa shape index (κ1) is 9.84. The SMILES string of the molecule is C1=CC2=Cc3ncccc3C3=CCC=CC23C=C1. The van der Waals surface area contributed by atoms with Gasteiger partial charge in [0.1, 0.15) is 0 Å². The third-order valence-electron chi connectivity index (χ3n) is 3.93. The Morgan fingerprint density at radius 2 is 2.17 bits per heavy atom. The lowest BCUT2D eigenvalue weighted by Gasteiger charge is -2.39. The molecule has 0 aromatic carbocycles. The molecule has 1 unspecified atom stereocenters. The quantitative estimate of drug-likeness (QED) is 0.616. The van der Waals surface area contributed by atoms with E-state index in [1.165, 1.54) is 16.7 Å². The Morgan fingerprint density at radius 1 is 1.17 bits per heavy atom. The predicted octanol–water partition coefficient (Wildman–Crippen LogP) is 3.93. The van der Waals surface area contributed by atoms with Gasteiger partial charge in [0, 0.05) is 11.8 Å². The van der Waals surface area contributed by atoms with Crippen molar-refractivity contribution in [3.05, 3.63) is 77.7 Å². The molecule has 3 aliphatic rings. The first-order valence-corrected chi connectivity index (χ1v) is 6.32.